The average molecular weight is 352 g/mol. The molecule has 134 valence electrons. The first kappa shape index (κ1) is 18.7. The Morgan fingerprint density at radius 2 is 1.88 bits per heavy atom. The quantitative estimate of drug-likeness (QED) is 0.583. The van der Waals surface area contributed by atoms with Crippen molar-refractivity contribution in [2.24, 2.45) is 0 Å². The molecular formula is C17H19F3N4O. The first-order chi connectivity index (χ1) is 11.9. The molecule has 0 aliphatic rings. The molecule has 0 fully saturated rings. The number of carbonyl (C=O) groups is 1. The summed E-state index contributed by atoms with van der Waals surface area (Å²) in [5.41, 5.74) is -0.466. The summed E-state index contributed by atoms with van der Waals surface area (Å²) in [6.45, 7) is 4.41. The number of halogens is 3. The number of hydrogen-bond donors (Lipinski definition) is 2. The third-order valence-corrected chi connectivity index (χ3v) is 3.44. The van der Waals surface area contributed by atoms with E-state index in [4.69, 9.17) is 0 Å². The van der Waals surface area contributed by atoms with Crippen molar-refractivity contribution < 1.29 is 18.0 Å². The zero-order valence-corrected chi connectivity index (χ0v) is 14.0. The molecule has 0 unspecified atom stereocenters. The molecule has 0 radical (unpaired) electrons. The molecule has 25 heavy (non-hydrogen) atoms. The monoisotopic (exact) mass is 352 g/mol. The summed E-state index contributed by atoms with van der Waals surface area (Å²) in [6.07, 6.45) is 3.11. The molecule has 0 saturated heterocycles. The molecule has 1 aromatic heterocycles. The first-order valence-corrected chi connectivity index (χ1v) is 7.96. The smallest absolute Gasteiger partial charge is 0.274 e. The molecule has 0 atom stereocenters. The van der Waals surface area contributed by atoms with E-state index in [0.717, 1.165) is 31.4 Å². The van der Waals surface area contributed by atoms with Crippen LogP contribution < -0.4 is 10.6 Å². The minimum atomic E-state index is -1.64. The highest BCUT2D eigenvalue weighted by Crippen LogP contribution is 2.20. The fourth-order valence-corrected chi connectivity index (χ4v) is 2.17. The lowest BCUT2D eigenvalue weighted by atomic mass is 10.2. The Balaban J connectivity index is 2.13. The number of carbonyl (C=O) groups excluding carboxylic acids is 1. The Kier molecular flexibility index (Phi) is 6.32. The Hall–Kier alpha value is -2.64. The Bertz CT molecular complexity index is 768. The molecule has 2 rings (SSSR count). The highest BCUT2D eigenvalue weighted by molar-refractivity contribution is 6.03. The lowest BCUT2D eigenvalue weighted by molar-refractivity contribution is 0.102. The van der Waals surface area contributed by atoms with Gasteiger partial charge >= 0.3 is 0 Å². The maximum atomic E-state index is 13.7. The maximum Gasteiger partial charge on any atom is 0.274 e. The highest BCUT2D eigenvalue weighted by atomic mass is 19.2. The van der Waals surface area contributed by atoms with Crippen LogP contribution in [-0.4, -0.2) is 22.4 Å². The van der Waals surface area contributed by atoms with Crippen LogP contribution >= 0.6 is 0 Å². The number of amides is 1. The van der Waals surface area contributed by atoms with Crippen LogP contribution in [0, 0.1) is 24.4 Å². The number of nitrogens with one attached hydrogen (secondary N) is 2. The van der Waals surface area contributed by atoms with Gasteiger partial charge in [0.2, 0.25) is 0 Å². The van der Waals surface area contributed by atoms with E-state index >= 15 is 0 Å². The molecule has 0 saturated carbocycles. The highest BCUT2D eigenvalue weighted by Gasteiger charge is 2.17. The predicted molar refractivity (Wildman–Crippen MR) is 89.1 cm³/mol. The van der Waals surface area contributed by atoms with E-state index in [1.165, 1.54) is 6.07 Å². The SMILES string of the molecule is CCCCCNc1cc(C(=O)Nc2ccc(F)c(F)c2F)nc(C)n1. The summed E-state index contributed by atoms with van der Waals surface area (Å²) in [7, 11) is 0. The van der Waals surface area contributed by atoms with Crippen molar-refractivity contribution in [3.63, 3.8) is 0 Å². The standard InChI is InChI=1S/C17H19F3N4O/c1-3-4-5-8-21-14-9-13(22-10(2)23-14)17(25)24-12-7-6-11(18)15(19)16(12)20/h6-7,9H,3-5,8H2,1-2H3,(H,24,25)(H,21,22,23). The Labute approximate surface area is 143 Å². The Morgan fingerprint density at radius 3 is 2.60 bits per heavy atom. The molecule has 0 bridgehead atoms. The van der Waals surface area contributed by atoms with E-state index in [0.29, 0.717) is 18.2 Å². The van der Waals surface area contributed by atoms with Crippen LogP contribution in [0.25, 0.3) is 0 Å². The van der Waals surface area contributed by atoms with Crippen LogP contribution in [0.15, 0.2) is 18.2 Å². The summed E-state index contributed by atoms with van der Waals surface area (Å²) in [6, 6.07) is 3.11. The van der Waals surface area contributed by atoms with E-state index in [2.05, 4.69) is 27.5 Å². The zero-order valence-electron chi connectivity index (χ0n) is 14.0. The predicted octanol–water partition coefficient (Wildman–Crippen LogP) is 4.06. The number of nitrogens with zero attached hydrogens (tertiary/aromatic N) is 2. The van der Waals surface area contributed by atoms with Gasteiger partial charge in [0, 0.05) is 12.6 Å². The van der Waals surface area contributed by atoms with Crippen molar-refractivity contribution in [3.05, 3.63) is 47.2 Å². The molecule has 1 aromatic carbocycles. The molecule has 2 N–H and O–H groups in total. The number of aromatic nitrogens is 2. The lowest BCUT2D eigenvalue weighted by Crippen LogP contribution is -2.17. The van der Waals surface area contributed by atoms with Crippen LogP contribution in [0.5, 0.6) is 0 Å². The van der Waals surface area contributed by atoms with Crippen molar-refractivity contribution in [3.8, 4) is 0 Å². The minimum absolute atomic E-state index is 0.00498. The summed E-state index contributed by atoms with van der Waals surface area (Å²) >= 11 is 0. The van der Waals surface area contributed by atoms with Gasteiger partial charge < -0.3 is 10.6 Å². The van der Waals surface area contributed by atoms with Gasteiger partial charge in [0.1, 0.15) is 17.3 Å². The van der Waals surface area contributed by atoms with Gasteiger partial charge in [0.15, 0.2) is 17.5 Å². The Morgan fingerprint density at radius 1 is 1.12 bits per heavy atom. The fraction of sp³-hybridized carbons (Fsp3) is 0.353. The van der Waals surface area contributed by atoms with Crippen LogP contribution in [0.4, 0.5) is 24.7 Å². The van der Waals surface area contributed by atoms with Gasteiger partial charge in [0.25, 0.3) is 5.91 Å². The maximum absolute atomic E-state index is 13.7. The van der Waals surface area contributed by atoms with Crippen LogP contribution in [0.1, 0.15) is 42.5 Å². The fourth-order valence-electron chi connectivity index (χ4n) is 2.17. The second-order valence-electron chi connectivity index (χ2n) is 5.50. The summed E-state index contributed by atoms with van der Waals surface area (Å²) in [5.74, 6) is -4.35. The normalized spacial score (nSPS) is 10.6. The third-order valence-electron chi connectivity index (χ3n) is 3.44. The molecule has 0 aliphatic carbocycles. The number of benzene rings is 1. The number of rotatable bonds is 7. The molecule has 1 heterocycles. The van der Waals surface area contributed by atoms with Gasteiger partial charge in [-0.05, 0) is 25.5 Å². The lowest BCUT2D eigenvalue weighted by Gasteiger charge is -2.10. The van der Waals surface area contributed by atoms with Gasteiger partial charge in [-0.2, -0.15) is 0 Å². The summed E-state index contributed by atoms with van der Waals surface area (Å²) < 4.78 is 39.8. The van der Waals surface area contributed by atoms with Crippen LogP contribution in [0.2, 0.25) is 0 Å². The van der Waals surface area contributed by atoms with E-state index in [9.17, 15) is 18.0 Å². The average Bonchev–Trinajstić information content (AvgIpc) is 2.58. The first-order valence-electron chi connectivity index (χ1n) is 7.96. The zero-order chi connectivity index (χ0) is 18.4. The number of anilines is 2. The van der Waals surface area contributed by atoms with Crippen molar-refractivity contribution in [2.45, 2.75) is 33.1 Å². The van der Waals surface area contributed by atoms with Gasteiger partial charge in [-0.15, -0.1) is 0 Å². The van der Waals surface area contributed by atoms with Crippen LogP contribution in [-0.2, 0) is 0 Å². The van der Waals surface area contributed by atoms with Crippen molar-refractivity contribution >= 4 is 17.4 Å². The number of aryl methyl sites for hydroxylation is 1. The molecular weight excluding hydrogens is 333 g/mol. The van der Waals surface area contributed by atoms with Gasteiger partial charge in [-0.25, -0.2) is 23.1 Å². The molecule has 5 nitrogen and oxygen atoms in total. The third kappa shape index (κ3) is 4.91. The minimum Gasteiger partial charge on any atom is -0.370 e. The van der Waals surface area contributed by atoms with Gasteiger partial charge in [-0.3, -0.25) is 4.79 Å². The molecule has 0 aliphatic heterocycles. The van der Waals surface area contributed by atoms with E-state index in [1.54, 1.807) is 6.92 Å². The largest absolute Gasteiger partial charge is 0.370 e. The van der Waals surface area contributed by atoms with E-state index in [-0.39, 0.29) is 5.69 Å². The van der Waals surface area contributed by atoms with E-state index < -0.39 is 29.0 Å². The van der Waals surface area contributed by atoms with Crippen molar-refractivity contribution in [1.29, 1.82) is 0 Å². The van der Waals surface area contributed by atoms with Crippen LogP contribution in [0.3, 0.4) is 0 Å². The molecule has 8 heteroatoms. The second kappa shape index (κ2) is 8.46. The van der Waals surface area contributed by atoms with Gasteiger partial charge in [-0.1, -0.05) is 19.8 Å². The molecule has 1 amide bonds. The van der Waals surface area contributed by atoms with Gasteiger partial charge in [0.05, 0.1) is 5.69 Å². The summed E-state index contributed by atoms with van der Waals surface area (Å²) in [5, 5.41) is 5.28. The summed E-state index contributed by atoms with van der Waals surface area (Å²) in [4.78, 5) is 20.4. The van der Waals surface area contributed by atoms with Crippen molar-refractivity contribution in [1.82, 2.24) is 9.97 Å². The van der Waals surface area contributed by atoms with Crippen molar-refractivity contribution in [2.75, 3.05) is 17.2 Å². The molecule has 2 aromatic rings. The molecule has 0 spiro atoms. The number of hydrogen-bond acceptors (Lipinski definition) is 4. The van der Waals surface area contributed by atoms with E-state index in [1.807, 2.05) is 0 Å². The number of unbranched alkanes of at least 4 members (excludes halogenated alkanes) is 2. The second-order valence-corrected chi connectivity index (χ2v) is 5.50. The topological polar surface area (TPSA) is 66.9 Å².